The summed E-state index contributed by atoms with van der Waals surface area (Å²) in [6.45, 7) is 0.0400. The maximum atomic E-state index is 13.3. The Morgan fingerprint density at radius 2 is 1.79 bits per heavy atom. The quantitative estimate of drug-likeness (QED) is 0.772. The Morgan fingerprint density at radius 3 is 2.50 bits per heavy atom. The van der Waals surface area contributed by atoms with Crippen molar-refractivity contribution in [3.63, 3.8) is 0 Å². The van der Waals surface area contributed by atoms with E-state index >= 15 is 0 Å². The summed E-state index contributed by atoms with van der Waals surface area (Å²) in [5, 5.41) is 2.18. The van der Waals surface area contributed by atoms with Gasteiger partial charge in [-0.1, -0.05) is 36.4 Å². The highest BCUT2D eigenvalue weighted by Crippen LogP contribution is 2.21. The van der Waals surface area contributed by atoms with E-state index in [1.54, 1.807) is 6.07 Å². The Bertz CT molecular complexity index is 439. The minimum Gasteiger partial charge on any atom is -0.327 e. The first-order valence-corrected chi connectivity index (χ1v) is 4.64. The van der Waals surface area contributed by atoms with Gasteiger partial charge in [0.1, 0.15) is 6.17 Å². The van der Waals surface area contributed by atoms with Gasteiger partial charge in [0.25, 0.3) is 0 Å². The third kappa shape index (κ3) is 1.61. The zero-order valence-electron chi connectivity index (χ0n) is 7.78. The van der Waals surface area contributed by atoms with Gasteiger partial charge in [-0.05, 0) is 22.4 Å². The van der Waals surface area contributed by atoms with Gasteiger partial charge in [0.05, 0.1) is 0 Å². The van der Waals surface area contributed by atoms with Crippen molar-refractivity contribution >= 4 is 10.8 Å². The van der Waals surface area contributed by atoms with Gasteiger partial charge in [-0.25, -0.2) is 4.39 Å². The van der Waals surface area contributed by atoms with Crippen LogP contribution in [0.15, 0.2) is 42.5 Å². The molecular weight excluding hydrogens is 177 g/mol. The van der Waals surface area contributed by atoms with Crippen LogP contribution in [0.4, 0.5) is 4.39 Å². The van der Waals surface area contributed by atoms with Crippen molar-refractivity contribution in [1.29, 1.82) is 0 Å². The first kappa shape index (κ1) is 9.16. The normalized spacial score (nSPS) is 13.0. The third-order valence-electron chi connectivity index (χ3n) is 2.34. The van der Waals surface area contributed by atoms with Gasteiger partial charge in [0.15, 0.2) is 0 Å². The van der Waals surface area contributed by atoms with Gasteiger partial charge in [-0.2, -0.15) is 0 Å². The molecule has 2 aromatic carbocycles. The first-order valence-electron chi connectivity index (χ1n) is 4.64. The Hall–Kier alpha value is -1.41. The van der Waals surface area contributed by atoms with Crippen LogP contribution in [0.25, 0.3) is 10.8 Å². The van der Waals surface area contributed by atoms with E-state index in [1.165, 1.54) is 0 Å². The molecule has 0 bridgehead atoms. The monoisotopic (exact) mass is 189 g/mol. The van der Waals surface area contributed by atoms with Crippen molar-refractivity contribution in [2.45, 2.75) is 6.17 Å². The maximum Gasteiger partial charge on any atom is 0.137 e. The molecule has 0 aliphatic carbocycles. The number of hydrogen-bond donors (Lipinski definition) is 1. The number of nitrogens with two attached hydrogens (primary N) is 1. The number of halogens is 1. The third-order valence-corrected chi connectivity index (χ3v) is 2.34. The van der Waals surface area contributed by atoms with Crippen LogP contribution >= 0.6 is 0 Å². The van der Waals surface area contributed by atoms with Gasteiger partial charge in [-0.3, -0.25) is 0 Å². The number of fused-ring (bicyclic) bond motifs is 1. The van der Waals surface area contributed by atoms with Crippen molar-refractivity contribution in [3.8, 4) is 0 Å². The van der Waals surface area contributed by atoms with Crippen LogP contribution in [-0.2, 0) is 0 Å². The molecule has 0 heterocycles. The van der Waals surface area contributed by atoms with Crippen LogP contribution in [0.1, 0.15) is 11.7 Å². The van der Waals surface area contributed by atoms with E-state index in [-0.39, 0.29) is 6.54 Å². The molecule has 1 atom stereocenters. The highest BCUT2D eigenvalue weighted by Gasteiger charge is 2.06. The van der Waals surface area contributed by atoms with Crippen LogP contribution < -0.4 is 5.73 Å². The molecule has 2 heteroatoms. The summed E-state index contributed by atoms with van der Waals surface area (Å²) in [6, 6.07) is 13.5. The Labute approximate surface area is 82.3 Å². The molecule has 1 unspecified atom stereocenters. The molecular formula is C12H12FN. The highest BCUT2D eigenvalue weighted by atomic mass is 19.1. The van der Waals surface area contributed by atoms with Gasteiger partial charge in [0, 0.05) is 6.54 Å². The fraction of sp³-hybridized carbons (Fsp3) is 0.167. The second-order valence-corrected chi connectivity index (χ2v) is 3.31. The fourth-order valence-electron chi connectivity index (χ4n) is 1.54. The predicted octanol–water partition coefficient (Wildman–Crippen LogP) is 2.81. The molecule has 0 fully saturated rings. The van der Waals surface area contributed by atoms with E-state index < -0.39 is 6.17 Å². The standard InChI is InChI=1S/C12H12FN/c13-12(8-14)11-6-5-9-3-1-2-4-10(9)7-11/h1-7,12H,8,14H2. The lowest BCUT2D eigenvalue weighted by atomic mass is 10.0. The molecule has 0 aliphatic rings. The van der Waals surface area contributed by atoms with Gasteiger partial charge < -0.3 is 5.73 Å². The predicted molar refractivity (Wildman–Crippen MR) is 56.9 cm³/mol. The van der Waals surface area contributed by atoms with Crippen LogP contribution in [0.2, 0.25) is 0 Å². The van der Waals surface area contributed by atoms with Gasteiger partial charge >= 0.3 is 0 Å². The summed E-state index contributed by atoms with van der Waals surface area (Å²) < 4.78 is 13.3. The lowest BCUT2D eigenvalue weighted by molar-refractivity contribution is 0.353. The molecule has 0 saturated carbocycles. The van der Waals surface area contributed by atoms with Crippen LogP contribution in [-0.4, -0.2) is 6.54 Å². The smallest absolute Gasteiger partial charge is 0.137 e. The molecule has 2 N–H and O–H groups in total. The summed E-state index contributed by atoms with van der Waals surface area (Å²) in [7, 11) is 0. The van der Waals surface area contributed by atoms with E-state index in [9.17, 15) is 4.39 Å². The van der Waals surface area contributed by atoms with E-state index in [2.05, 4.69) is 0 Å². The van der Waals surface area contributed by atoms with Gasteiger partial charge in [0.2, 0.25) is 0 Å². The number of benzene rings is 2. The summed E-state index contributed by atoms with van der Waals surface area (Å²) >= 11 is 0. The van der Waals surface area contributed by atoms with Crippen molar-refractivity contribution in [3.05, 3.63) is 48.0 Å². The van der Waals surface area contributed by atoms with Crippen molar-refractivity contribution in [2.24, 2.45) is 5.73 Å². The molecule has 0 saturated heterocycles. The Morgan fingerprint density at radius 1 is 1.07 bits per heavy atom. The lowest BCUT2D eigenvalue weighted by Crippen LogP contribution is -2.07. The lowest BCUT2D eigenvalue weighted by Gasteiger charge is -2.06. The minimum absolute atomic E-state index is 0.0400. The van der Waals surface area contributed by atoms with E-state index in [0.717, 1.165) is 10.8 Å². The minimum atomic E-state index is -1.06. The van der Waals surface area contributed by atoms with E-state index in [4.69, 9.17) is 5.73 Å². The molecule has 2 aromatic rings. The molecule has 14 heavy (non-hydrogen) atoms. The second kappa shape index (κ2) is 3.76. The average molecular weight is 189 g/mol. The SMILES string of the molecule is NCC(F)c1ccc2ccccc2c1. The molecule has 72 valence electrons. The molecule has 1 nitrogen and oxygen atoms in total. The molecule has 0 aliphatic heterocycles. The molecule has 0 aromatic heterocycles. The van der Waals surface area contributed by atoms with Gasteiger partial charge in [-0.15, -0.1) is 0 Å². The second-order valence-electron chi connectivity index (χ2n) is 3.31. The summed E-state index contributed by atoms with van der Waals surface area (Å²) in [5.74, 6) is 0. The topological polar surface area (TPSA) is 26.0 Å². The van der Waals surface area contributed by atoms with Crippen molar-refractivity contribution in [2.75, 3.05) is 6.54 Å². The Kier molecular flexibility index (Phi) is 2.46. The molecule has 0 radical (unpaired) electrons. The maximum absolute atomic E-state index is 13.3. The number of hydrogen-bond acceptors (Lipinski definition) is 1. The van der Waals surface area contributed by atoms with Crippen LogP contribution in [0.5, 0.6) is 0 Å². The fourth-order valence-corrected chi connectivity index (χ4v) is 1.54. The summed E-state index contributed by atoms with van der Waals surface area (Å²) in [6.07, 6.45) is -1.06. The van der Waals surface area contributed by atoms with E-state index in [0.29, 0.717) is 5.56 Å². The van der Waals surface area contributed by atoms with Crippen molar-refractivity contribution < 1.29 is 4.39 Å². The highest BCUT2D eigenvalue weighted by molar-refractivity contribution is 5.83. The number of alkyl halides is 1. The van der Waals surface area contributed by atoms with Crippen LogP contribution in [0.3, 0.4) is 0 Å². The Balaban J connectivity index is 2.51. The van der Waals surface area contributed by atoms with Crippen LogP contribution in [0, 0.1) is 0 Å². The largest absolute Gasteiger partial charge is 0.327 e. The molecule has 0 spiro atoms. The average Bonchev–Trinajstić information content (AvgIpc) is 2.27. The summed E-state index contributed by atoms with van der Waals surface area (Å²) in [4.78, 5) is 0. The molecule has 2 rings (SSSR count). The van der Waals surface area contributed by atoms with E-state index in [1.807, 2.05) is 36.4 Å². The first-order chi connectivity index (χ1) is 6.81. The zero-order valence-corrected chi connectivity index (χ0v) is 7.78. The van der Waals surface area contributed by atoms with Crippen molar-refractivity contribution in [1.82, 2.24) is 0 Å². The summed E-state index contributed by atoms with van der Waals surface area (Å²) in [5.41, 5.74) is 5.93. The number of rotatable bonds is 2. The molecule has 0 amide bonds. The zero-order chi connectivity index (χ0) is 9.97.